The van der Waals surface area contributed by atoms with Gasteiger partial charge >= 0.3 is 5.97 Å². The first-order chi connectivity index (χ1) is 7.59. The first kappa shape index (κ1) is 12.2. The maximum Gasteiger partial charge on any atom is 0.303 e. The van der Waals surface area contributed by atoms with Gasteiger partial charge in [-0.1, -0.05) is 6.07 Å². The van der Waals surface area contributed by atoms with Crippen molar-refractivity contribution in [3.63, 3.8) is 0 Å². The maximum absolute atomic E-state index is 11.3. The first-order valence-corrected chi connectivity index (χ1v) is 5.01. The van der Waals surface area contributed by atoms with E-state index in [1.54, 1.807) is 19.2 Å². The van der Waals surface area contributed by atoms with Crippen LogP contribution in [-0.2, 0) is 9.59 Å². The highest BCUT2D eigenvalue weighted by Crippen LogP contribution is 2.08. The van der Waals surface area contributed by atoms with Gasteiger partial charge in [-0.2, -0.15) is 0 Å². The van der Waals surface area contributed by atoms with E-state index < -0.39 is 5.97 Å². The molecule has 1 heterocycles. The van der Waals surface area contributed by atoms with Crippen molar-refractivity contribution >= 4 is 11.9 Å². The van der Waals surface area contributed by atoms with Gasteiger partial charge in [0.25, 0.3) is 0 Å². The van der Waals surface area contributed by atoms with E-state index in [0.29, 0.717) is 0 Å². The summed E-state index contributed by atoms with van der Waals surface area (Å²) in [5, 5.41) is 11.1. The molecule has 0 saturated carbocycles. The fourth-order valence-electron chi connectivity index (χ4n) is 1.24. The van der Waals surface area contributed by atoms with Crippen LogP contribution in [0.1, 0.15) is 31.5 Å². The molecule has 16 heavy (non-hydrogen) atoms. The van der Waals surface area contributed by atoms with Crippen LogP contribution in [0, 0.1) is 0 Å². The molecule has 0 aromatic carbocycles. The smallest absolute Gasteiger partial charge is 0.303 e. The molecule has 1 amide bonds. The number of amides is 1. The Balaban J connectivity index is 2.43. The van der Waals surface area contributed by atoms with Gasteiger partial charge in [-0.15, -0.1) is 0 Å². The summed E-state index contributed by atoms with van der Waals surface area (Å²) in [7, 11) is 0. The number of aromatic nitrogens is 1. The van der Waals surface area contributed by atoms with E-state index in [-0.39, 0.29) is 24.8 Å². The van der Waals surface area contributed by atoms with Gasteiger partial charge in [0.1, 0.15) is 0 Å². The molecule has 0 aliphatic rings. The molecule has 86 valence electrons. The highest BCUT2D eigenvalue weighted by Gasteiger charge is 2.11. The number of rotatable bonds is 5. The molecule has 5 nitrogen and oxygen atoms in total. The van der Waals surface area contributed by atoms with E-state index >= 15 is 0 Å². The van der Waals surface area contributed by atoms with Gasteiger partial charge in [0.05, 0.1) is 18.2 Å². The first-order valence-electron chi connectivity index (χ1n) is 5.01. The van der Waals surface area contributed by atoms with Crippen LogP contribution in [0.2, 0.25) is 0 Å². The van der Waals surface area contributed by atoms with Crippen LogP contribution >= 0.6 is 0 Å². The summed E-state index contributed by atoms with van der Waals surface area (Å²) in [6.45, 7) is 1.81. The minimum Gasteiger partial charge on any atom is -0.481 e. The minimum atomic E-state index is -0.972. The molecule has 0 spiro atoms. The molecule has 0 unspecified atom stereocenters. The Morgan fingerprint density at radius 3 is 2.75 bits per heavy atom. The van der Waals surface area contributed by atoms with Crippen LogP contribution < -0.4 is 5.32 Å². The van der Waals surface area contributed by atoms with Crippen molar-refractivity contribution in [2.45, 2.75) is 25.8 Å². The Morgan fingerprint density at radius 2 is 2.19 bits per heavy atom. The number of hydrogen-bond acceptors (Lipinski definition) is 3. The number of hydrogen-bond donors (Lipinski definition) is 2. The SMILES string of the molecule is C[C@@H](NC(=O)CCC(=O)O)c1ccccn1. The average Bonchev–Trinajstić information content (AvgIpc) is 2.27. The number of carbonyl (C=O) groups excluding carboxylic acids is 1. The van der Waals surface area contributed by atoms with Crippen molar-refractivity contribution in [2.75, 3.05) is 0 Å². The largest absolute Gasteiger partial charge is 0.481 e. The lowest BCUT2D eigenvalue weighted by Crippen LogP contribution is -2.27. The van der Waals surface area contributed by atoms with Crippen LogP contribution in [0.5, 0.6) is 0 Å². The maximum atomic E-state index is 11.3. The normalized spacial score (nSPS) is 11.8. The second-order valence-electron chi connectivity index (χ2n) is 3.44. The standard InChI is InChI=1S/C11H14N2O3/c1-8(9-4-2-3-7-12-9)13-10(14)5-6-11(15)16/h2-4,7-8H,5-6H2,1H3,(H,13,14)(H,15,16)/t8-/m1/s1. The molecule has 1 aromatic heterocycles. The van der Waals surface area contributed by atoms with Crippen molar-refractivity contribution in [1.82, 2.24) is 10.3 Å². The molecule has 1 atom stereocenters. The third-order valence-electron chi connectivity index (χ3n) is 2.07. The number of pyridine rings is 1. The van der Waals surface area contributed by atoms with Gasteiger partial charge in [-0.3, -0.25) is 14.6 Å². The van der Waals surface area contributed by atoms with Gasteiger partial charge in [0.2, 0.25) is 5.91 Å². The van der Waals surface area contributed by atoms with Crippen LogP contribution in [0.4, 0.5) is 0 Å². The summed E-state index contributed by atoms with van der Waals surface area (Å²) in [6.07, 6.45) is 1.49. The van der Waals surface area contributed by atoms with Crippen LogP contribution in [-0.4, -0.2) is 22.0 Å². The Kier molecular flexibility index (Phi) is 4.44. The molecule has 0 bridgehead atoms. The zero-order chi connectivity index (χ0) is 12.0. The van der Waals surface area contributed by atoms with E-state index in [9.17, 15) is 9.59 Å². The molecule has 2 N–H and O–H groups in total. The lowest BCUT2D eigenvalue weighted by atomic mass is 10.2. The third-order valence-corrected chi connectivity index (χ3v) is 2.07. The monoisotopic (exact) mass is 222 g/mol. The van der Waals surface area contributed by atoms with Crippen molar-refractivity contribution in [3.8, 4) is 0 Å². The zero-order valence-corrected chi connectivity index (χ0v) is 9.01. The summed E-state index contributed by atoms with van der Waals surface area (Å²) in [6, 6.07) is 5.23. The lowest BCUT2D eigenvalue weighted by Gasteiger charge is -2.12. The van der Waals surface area contributed by atoms with Crippen molar-refractivity contribution < 1.29 is 14.7 Å². The van der Waals surface area contributed by atoms with Crippen LogP contribution in [0.3, 0.4) is 0 Å². The fraction of sp³-hybridized carbons (Fsp3) is 0.364. The Labute approximate surface area is 93.5 Å². The second-order valence-corrected chi connectivity index (χ2v) is 3.44. The Morgan fingerprint density at radius 1 is 1.44 bits per heavy atom. The summed E-state index contributed by atoms with van der Waals surface area (Å²) in [5.41, 5.74) is 0.756. The Bertz CT molecular complexity index is 365. The van der Waals surface area contributed by atoms with E-state index in [1.165, 1.54) is 0 Å². The van der Waals surface area contributed by atoms with Crippen LogP contribution in [0.15, 0.2) is 24.4 Å². The number of nitrogens with zero attached hydrogens (tertiary/aromatic N) is 1. The predicted molar refractivity (Wildman–Crippen MR) is 57.7 cm³/mol. The molecular formula is C11H14N2O3. The zero-order valence-electron chi connectivity index (χ0n) is 9.01. The van der Waals surface area contributed by atoms with Gasteiger partial charge in [-0.05, 0) is 19.1 Å². The predicted octanol–water partition coefficient (Wildman–Crippen LogP) is 1.12. The molecule has 0 fully saturated rings. The number of carboxylic acids is 1. The molecule has 0 aliphatic carbocycles. The second kappa shape index (κ2) is 5.85. The lowest BCUT2D eigenvalue weighted by molar-refractivity contribution is -0.138. The van der Waals surface area contributed by atoms with E-state index in [4.69, 9.17) is 5.11 Å². The van der Waals surface area contributed by atoms with E-state index in [1.807, 2.05) is 12.1 Å². The fourth-order valence-corrected chi connectivity index (χ4v) is 1.24. The summed E-state index contributed by atoms with van der Waals surface area (Å²) in [5.74, 6) is -1.25. The van der Waals surface area contributed by atoms with Gasteiger partial charge in [0, 0.05) is 12.6 Å². The molecule has 0 saturated heterocycles. The summed E-state index contributed by atoms with van der Waals surface area (Å²) >= 11 is 0. The summed E-state index contributed by atoms with van der Waals surface area (Å²) in [4.78, 5) is 25.7. The molecule has 1 rings (SSSR count). The number of nitrogens with one attached hydrogen (secondary N) is 1. The number of aliphatic carboxylic acids is 1. The molecule has 1 aromatic rings. The van der Waals surface area contributed by atoms with Crippen molar-refractivity contribution in [3.05, 3.63) is 30.1 Å². The topological polar surface area (TPSA) is 79.3 Å². The van der Waals surface area contributed by atoms with Crippen molar-refractivity contribution in [2.24, 2.45) is 0 Å². The van der Waals surface area contributed by atoms with E-state index in [2.05, 4.69) is 10.3 Å². The van der Waals surface area contributed by atoms with Gasteiger partial charge in [0.15, 0.2) is 0 Å². The number of carboxylic acid groups (broad SMARTS) is 1. The highest BCUT2D eigenvalue weighted by molar-refractivity contribution is 5.80. The quantitative estimate of drug-likeness (QED) is 0.782. The molecule has 5 heteroatoms. The van der Waals surface area contributed by atoms with Gasteiger partial charge in [-0.25, -0.2) is 0 Å². The average molecular weight is 222 g/mol. The minimum absolute atomic E-state index is 0.00743. The summed E-state index contributed by atoms with van der Waals surface area (Å²) < 4.78 is 0. The molecular weight excluding hydrogens is 208 g/mol. The van der Waals surface area contributed by atoms with Crippen LogP contribution in [0.25, 0.3) is 0 Å². The third kappa shape index (κ3) is 4.08. The van der Waals surface area contributed by atoms with Crippen molar-refractivity contribution in [1.29, 1.82) is 0 Å². The van der Waals surface area contributed by atoms with Gasteiger partial charge < -0.3 is 10.4 Å². The molecule has 0 aliphatic heterocycles. The van der Waals surface area contributed by atoms with E-state index in [0.717, 1.165) is 5.69 Å². The Hall–Kier alpha value is -1.91. The number of carbonyl (C=O) groups is 2. The molecule has 0 radical (unpaired) electrons. The highest BCUT2D eigenvalue weighted by atomic mass is 16.4.